The lowest BCUT2D eigenvalue weighted by atomic mass is 9.92. The first-order valence-corrected chi connectivity index (χ1v) is 16.1. The van der Waals surface area contributed by atoms with Gasteiger partial charge in [-0.25, -0.2) is 0 Å². The van der Waals surface area contributed by atoms with Gasteiger partial charge in [-0.15, -0.1) is 0 Å². The van der Waals surface area contributed by atoms with Crippen LogP contribution in [0.3, 0.4) is 0 Å². The van der Waals surface area contributed by atoms with E-state index in [1.807, 2.05) is 12.1 Å². The van der Waals surface area contributed by atoms with Gasteiger partial charge in [0.2, 0.25) is 0 Å². The molecule has 196 valence electrons. The fraction of sp³-hybridized carbons (Fsp3) is 0.724. The van der Waals surface area contributed by atoms with Crippen molar-refractivity contribution in [2.75, 3.05) is 20.3 Å². The second-order valence-electron chi connectivity index (χ2n) is 9.75. The van der Waals surface area contributed by atoms with Gasteiger partial charge in [-0.05, 0) is 93.6 Å². The van der Waals surface area contributed by atoms with Crippen molar-refractivity contribution >= 4 is 8.32 Å². The number of hydrogen-bond donors (Lipinski definition) is 1. The summed E-state index contributed by atoms with van der Waals surface area (Å²) in [7, 11) is 0.0423. The normalized spacial score (nSPS) is 14.3. The SMILES string of the molecule is CC[Si](CC)(CC)O[C@@H](CCCCOCc1ccc(OC)cc1)[C@@H](C)C/C(C)=C/CCCCO. The largest absolute Gasteiger partial charge is 0.497 e. The Balaban J connectivity index is 2.57. The zero-order valence-corrected chi connectivity index (χ0v) is 23.9. The van der Waals surface area contributed by atoms with Gasteiger partial charge >= 0.3 is 0 Å². The standard InChI is InChI=1S/C29H52O4Si/c1-7-34(8-2,9-3)33-29(26(5)23-25(4)15-11-10-13-21-30)16-12-14-22-32-24-27-17-19-28(31-6)20-18-27/h15,17-20,26,29-30H,7-14,16,21-24H2,1-6H3/b25-15+/t26-,29-/m0/s1. The number of aliphatic hydroxyl groups is 1. The monoisotopic (exact) mass is 492 g/mol. The van der Waals surface area contributed by atoms with E-state index in [-0.39, 0.29) is 0 Å². The molecule has 0 saturated heterocycles. The van der Waals surface area contributed by atoms with Crippen molar-refractivity contribution in [2.24, 2.45) is 5.92 Å². The van der Waals surface area contributed by atoms with E-state index in [0.29, 0.717) is 25.2 Å². The number of rotatable bonds is 20. The second-order valence-corrected chi connectivity index (χ2v) is 14.5. The molecule has 0 heterocycles. The summed E-state index contributed by atoms with van der Waals surface area (Å²) in [5.74, 6) is 1.40. The Morgan fingerprint density at radius 1 is 1.00 bits per heavy atom. The summed E-state index contributed by atoms with van der Waals surface area (Å²) < 4.78 is 18.2. The predicted octanol–water partition coefficient (Wildman–Crippen LogP) is 7.91. The van der Waals surface area contributed by atoms with Gasteiger partial charge in [0.05, 0.1) is 13.7 Å². The Morgan fingerprint density at radius 2 is 1.68 bits per heavy atom. The third-order valence-electron chi connectivity index (χ3n) is 7.17. The molecule has 0 radical (unpaired) electrons. The van der Waals surface area contributed by atoms with Crippen molar-refractivity contribution in [2.45, 2.75) is 110 Å². The zero-order chi connectivity index (χ0) is 25.2. The van der Waals surface area contributed by atoms with Crippen LogP contribution in [0.25, 0.3) is 0 Å². The maximum atomic E-state index is 8.99. The molecule has 1 rings (SSSR count). The third-order valence-corrected chi connectivity index (χ3v) is 11.8. The van der Waals surface area contributed by atoms with Gasteiger partial charge < -0.3 is 19.0 Å². The molecule has 0 saturated carbocycles. The maximum Gasteiger partial charge on any atom is 0.192 e. The third kappa shape index (κ3) is 12.0. The minimum absolute atomic E-state index is 0.292. The molecule has 1 aromatic rings. The van der Waals surface area contributed by atoms with Crippen molar-refractivity contribution in [3.05, 3.63) is 41.5 Å². The summed E-state index contributed by atoms with van der Waals surface area (Å²) in [6.45, 7) is 13.3. The molecule has 1 aromatic carbocycles. The molecule has 0 aliphatic carbocycles. The van der Waals surface area contributed by atoms with Crippen LogP contribution >= 0.6 is 0 Å². The molecular formula is C29H52O4Si. The molecule has 0 unspecified atom stereocenters. The number of benzene rings is 1. The van der Waals surface area contributed by atoms with E-state index in [1.54, 1.807) is 7.11 Å². The Morgan fingerprint density at radius 3 is 2.26 bits per heavy atom. The first kappa shape index (κ1) is 30.9. The summed E-state index contributed by atoms with van der Waals surface area (Å²) >= 11 is 0. The van der Waals surface area contributed by atoms with Gasteiger partial charge in [-0.2, -0.15) is 0 Å². The molecule has 34 heavy (non-hydrogen) atoms. The van der Waals surface area contributed by atoms with Crippen molar-refractivity contribution in [1.29, 1.82) is 0 Å². The number of ether oxygens (including phenoxy) is 2. The maximum absolute atomic E-state index is 8.99. The quantitative estimate of drug-likeness (QED) is 0.114. The molecule has 1 N–H and O–H groups in total. The average molecular weight is 493 g/mol. The van der Waals surface area contributed by atoms with E-state index >= 15 is 0 Å². The Bertz CT molecular complexity index is 646. The van der Waals surface area contributed by atoms with Gasteiger partial charge in [-0.1, -0.05) is 51.5 Å². The topological polar surface area (TPSA) is 47.9 Å². The van der Waals surface area contributed by atoms with Gasteiger partial charge in [0.25, 0.3) is 0 Å². The first-order valence-electron chi connectivity index (χ1n) is 13.6. The molecule has 0 aliphatic heterocycles. The van der Waals surface area contributed by atoms with Crippen molar-refractivity contribution in [3.63, 3.8) is 0 Å². The zero-order valence-electron chi connectivity index (χ0n) is 22.9. The van der Waals surface area contributed by atoms with Crippen LogP contribution in [0, 0.1) is 5.92 Å². The molecule has 0 spiro atoms. The minimum Gasteiger partial charge on any atom is -0.497 e. The van der Waals surface area contributed by atoms with E-state index in [0.717, 1.165) is 57.3 Å². The predicted molar refractivity (Wildman–Crippen MR) is 147 cm³/mol. The molecule has 0 aliphatic rings. The highest BCUT2D eigenvalue weighted by Crippen LogP contribution is 2.30. The van der Waals surface area contributed by atoms with Gasteiger partial charge in [-0.3, -0.25) is 0 Å². The van der Waals surface area contributed by atoms with E-state index in [4.69, 9.17) is 19.0 Å². The highest BCUT2D eigenvalue weighted by Gasteiger charge is 2.33. The molecule has 2 atom stereocenters. The van der Waals surface area contributed by atoms with Gasteiger partial charge in [0.15, 0.2) is 8.32 Å². The van der Waals surface area contributed by atoms with Crippen LogP contribution in [0.5, 0.6) is 5.75 Å². The number of hydrogen-bond acceptors (Lipinski definition) is 4. The second kappa shape index (κ2) is 18.2. The summed E-state index contributed by atoms with van der Waals surface area (Å²) in [6, 6.07) is 11.7. The Labute approximate surface area is 211 Å². The molecular weight excluding hydrogens is 440 g/mol. The van der Waals surface area contributed by atoms with E-state index in [9.17, 15) is 0 Å². The van der Waals surface area contributed by atoms with Crippen molar-refractivity contribution in [3.8, 4) is 5.75 Å². The van der Waals surface area contributed by atoms with Crippen LogP contribution in [0.2, 0.25) is 18.1 Å². The molecule has 0 fully saturated rings. The van der Waals surface area contributed by atoms with Crippen LogP contribution in [0.15, 0.2) is 35.9 Å². The smallest absolute Gasteiger partial charge is 0.192 e. The highest BCUT2D eigenvalue weighted by molar-refractivity contribution is 6.73. The van der Waals surface area contributed by atoms with Crippen LogP contribution < -0.4 is 4.74 Å². The van der Waals surface area contributed by atoms with Crippen LogP contribution in [0.4, 0.5) is 0 Å². The van der Waals surface area contributed by atoms with Crippen LogP contribution in [-0.2, 0) is 15.8 Å². The summed E-state index contributed by atoms with van der Waals surface area (Å²) in [5.41, 5.74) is 2.64. The van der Waals surface area contributed by atoms with Gasteiger partial charge in [0.1, 0.15) is 5.75 Å². The Hall–Kier alpha value is -1.14. The average Bonchev–Trinajstić information content (AvgIpc) is 2.86. The summed E-state index contributed by atoms with van der Waals surface area (Å²) in [6.07, 6.45) is 10.1. The lowest BCUT2D eigenvalue weighted by Crippen LogP contribution is -2.42. The number of allylic oxidation sites excluding steroid dienone is 2. The Kier molecular flexibility index (Phi) is 16.5. The van der Waals surface area contributed by atoms with Crippen LogP contribution in [0.1, 0.15) is 85.1 Å². The van der Waals surface area contributed by atoms with Crippen LogP contribution in [-0.4, -0.2) is 39.9 Å². The van der Waals surface area contributed by atoms with E-state index in [2.05, 4.69) is 52.8 Å². The van der Waals surface area contributed by atoms with Gasteiger partial charge in [0, 0.05) is 19.3 Å². The molecule has 0 aromatic heterocycles. The fourth-order valence-corrected chi connectivity index (χ4v) is 7.56. The molecule has 4 nitrogen and oxygen atoms in total. The van der Waals surface area contributed by atoms with E-state index in [1.165, 1.54) is 29.3 Å². The number of aliphatic hydroxyl groups excluding tert-OH is 1. The number of methoxy groups -OCH3 is 1. The lowest BCUT2D eigenvalue weighted by Gasteiger charge is -2.36. The number of unbranched alkanes of at least 4 members (excludes halogenated alkanes) is 3. The fourth-order valence-electron chi connectivity index (χ4n) is 4.57. The molecule has 0 bridgehead atoms. The van der Waals surface area contributed by atoms with Crippen molar-refractivity contribution in [1.82, 2.24) is 0 Å². The lowest BCUT2D eigenvalue weighted by molar-refractivity contribution is 0.0975. The van der Waals surface area contributed by atoms with E-state index < -0.39 is 8.32 Å². The first-order chi connectivity index (χ1) is 16.4. The summed E-state index contributed by atoms with van der Waals surface area (Å²) in [4.78, 5) is 0. The highest BCUT2D eigenvalue weighted by atomic mass is 28.4. The minimum atomic E-state index is -1.65. The summed E-state index contributed by atoms with van der Waals surface area (Å²) in [5, 5.41) is 8.99. The molecule has 5 heteroatoms. The van der Waals surface area contributed by atoms with Crippen molar-refractivity contribution < 1.29 is 19.0 Å². The molecule has 0 amide bonds.